The smallest absolute Gasteiger partial charge is 0.232 e. The van der Waals surface area contributed by atoms with Crippen molar-refractivity contribution in [1.82, 2.24) is 5.32 Å². The molecular formula is C21H36N2O3S. The van der Waals surface area contributed by atoms with Crippen LogP contribution in [0.2, 0.25) is 0 Å². The van der Waals surface area contributed by atoms with Crippen LogP contribution < -0.4 is 9.62 Å². The van der Waals surface area contributed by atoms with Crippen LogP contribution >= 0.6 is 0 Å². The summed E-state index contributed by atoms with van der Waals surface area (Å²) in [5, 5.41) is 3.00. The molecule has 1 atom stereocenters. The first-order chi connectivity index (χ1) is 12.7. The maximum Gasteiger partial charge on any atom is 0.232 e. The number of hydrogen-bond donors (Lipinski definition) is 1. The van der Waals surface area contributed by atoms with Gasteiger partial charge in [0.05, 0.1) is 11.9 Å². The molecule has 1 unspecified atom stereocenters. The highest BCUT2D eigenvalue weighted by Crippen LogP contribution is 2.21. The summed E-state index contributed by atoms with van der Waals surface area (Å²) in [6.07, 6.45) is 6.61. The van der Waals surface area contributed by atoms with Crippen LogP contribution in [0.3, 0.4) is 0 Å². The number of rotatable bonds is 12. The standard InChI is InChI=1S/C21H36N2O3S/c1-6-8-10-19(7-2)16-22-21(24)11-9-14-23(27(5,25)26)20-13-12-17(3)18(4)15-20/h12-13,15,19H,6-11,14,16H2,1-5H3,(H,22,24). The number of sulfonamides is 1. The molecule has 0 bridgehead atoms. The highest BCUT2D eigenvalue weighted by atomic mass is 32.2. The van der Waals surface area contributed by atoms with Crippen LogP contribution in [0.4, 0.5) is 5.69 Å². The van der Waals surface area contributed by atoms with E-state index in [-0.39, 0.29) is 5.91 Å². The van der Waals surface area contributed by atoms with Gasteiger partial charge in [0.2, 0.25) is 15.9 Å². The van der Waals surface area contributed by atoms with E-state index < -0.39 is 10.0 Å². The molecule has 1 amide bonds. The minimum atomic E-state index is -3.38. The maximum absolute atomic E-state index is 12.2. The molecule has 154 valence electrons. The fourth-order valence-electron chi connectivity index (χ4n) is 3.04. The van der Waals surface area contributed by atoms with Crippen molar-refractivity contribution in [2.24, 2.45) is 5.92 Å². The van der Waals surface area contributed by atoms with E-state index in [2.05, 4.69) is 19.2 Å². The second-order valence-electron chi connectivity index (χ2n) is 7.43. The Morgan fingerprint density at radius 2 is 1.85 bits per heavy atom. The molecule has 0 spiro atoms. The van der Waals surface area contributed by atoms with Crippen LogP contribution in [0.15, 0.2) is 18.2 Å². The number of carbonyl (C=O) groups is 1. The molecule has 0 radical (unpaired) electrons. The molecule has 0 aliphatic rings. The first-order valence-corrected chi connectivity index (χ1v) is 11.9. The third kappa shape index (κ3) is 8.33. The lowest BCUT2D eigenvalue weighted by molar-refractivity contribution is -0.121. The Balaban J connectivity index is 2.57. The molecule has 1 N–H and O–H groups in total. The lowest BCUT2D eigenvalue weighted by Gasteiger charge is -2.23. The molecule has 0 saturated heterocycles. The van der Waals surface area contributed by atoms with Gasteiger partial charge in [-0.15, -0.1) is 0 Å². The minimum absolute atomic E-state index is 0.00140. The largest absolute Gasteiger partial charge is 0.356 e. The van der Waals surface area contributed by atoms with Crippen molar-refractivity contribution in [2.75, 3.05) is 23.7 Å². The third-order valence-corrected chi connectivity index (χ3v) is 6.27. The number of amides is 1. The minimum Gasteiger partial charge on any atom is -0.356 e. The van der Waals surface area contributed by atoms with E-state index in [0.717, 1.165) is 24.0 Å². The second kappa shape index (κ2) is 11.3. The van der Waals surface area contributed by atoms with E-state index in [1.54, 1.807) is 0 Å². The van der Waals surface area contributed by atoms with Gasteiger partial charge in [0.1, 0.15) is 0 Å². The molecule has 0 saturated carbocycles. The predicted molar refractivity (Wildman–Crippen MR) is 114 cm³/mol. The number of aryl methyl sites for hydroxylation is 2. The lowest BCUT2D eigenvalue weighted by atomic mass is 9.99. The Bertz CT molecular complexity index is 701. The molecule has 27 heavy (non-hydrogen) atoms. The summed E-state index contributed by atoms with van der Waals surface area (Å²) < 4.78 is 25.8. The number of carbonyl (C=O) groups excluding carboxylic acids is 1. The van der Waals surface area contributed by atoms with Gasteiger partial charge in [-0.25, -0.2) is 8.42 Å². The Labute approximate surface area is 165 Å². The number of hydrogen-bond acceptors (Lipinski definition) is 3. The zero-order valence-corrected chi connectivity index (χ0v) is 18.4. The van der Waals surface area contributed by atoms with Crippen LogP contribution in [-0.4, -0.2) is 33.7 Å². The fraction of sp³-hybridized carbons (Fsp3) is 0.667. The number of unbranched alkanes of at least 4 members (excludes halogenated alkanes) is 1. The number of nitrogens with one attached hydrogen (secondary N) is 1. The first kappa shape index (κ1) is 23.5. The summed E-state index contributed by atoms with van der Waals surface area (Å²) in [5.41, 5.74) is 2.84. The normalized spacial score (nSPS) is 12.6. The first-order valence-electron chi connectivity index (χ1n) is 10.0. The highest BCUT2D eigenvalue weighted by Gasteiger charge is 2.18. The molecule has 0 aromatic heterocycles. The van der Waals surface area contributed by atoms with Crippen molar-refractivity contribution >= 4 is 21.6 Å². The van der Waals surface area contributed by atoms with Crippen LogP contribution in [0, 0.1) is 19.8 Å². The Kier molecular flexibility index (Phi) is 9.84. The van der Waals surface area contributed by atoms with Gasteiger partial charge in [-0.3, -0.25) is 9.10 Å². The second-order valence-corrected chi connectivity index (χ2v) is 9.33. The molecule has 6 heteroatoms. The van der Waals surface area contributed by atoms with Crippen LogP contribution in [0.5, 0.6) is 0 Å². The maximum atomic E-state index is 12.2. The van der Waals surface area contributed by atoms with Crippen LogP contribution in [0.25, 0.3) is 0 Å². The molecule has 0 aliphatic heterocycles. The monoisotopic (exact) mass is 396 g/mol. The van der Waals surface area contributed by atoms with Gasteiger partial charge in [0.15, 0.2) is 0 Å². The van der Waals surface area contributed by atoms with E-state index in [0.29, 0.717) is 37.5 Å². The average Bonchev–Trinajstić information content (AvgIpc) is 2.60. The summed E-state index contributed by atoms with van der Waals surface area (Å²) in [6.45, 7) is 9.31. The zero-order valence-electron chi connectivity index (χ0n) is 17.5. The zero-order chi connectivity index (χ0) is 20.4. The molecule has 0 heterocycles. The molecule has 0 aliphatic carbocycles. The van der Waals surface area contributed by atoms with Gasteiger partial charge in [0, 0.05) is 19.5 Å². The van der Waals surface area contributed by atoms with E-state index >= 15 is 0 Å². The Morgan fingerprint density at radius 1 is 1.15 bits per heavy atom. The average molecular weight is 397 g/mol. The van der Waals surface area contributed by atoms with Gasteiger partial charge in [-0.1, -0.05) is 39.2 Å². The summed E-state index contributed by atoms with van der Waals surface area (Å²) in [6, 6.07) is 5.63. The molecule has 1 aromatic rings. The van der Waals surface area contributed by atoms with Crippen molar-refractivity contribution in [3.8, 4) is 0 Å². The summed E-state index contributed by atoms with van der Waals surface area (Å²) in [7, 11) is -3.38. The molecule has 1 rings (SSSR count). The van der Waals surface area contributed by atoms with E-state index in [1.807, 2.05) is 32.0 Å². The van der Waals surface area contributed by atoms with Gasteiger partial charge in [-0.05, 0) is 55.9 Å². The number of nitrogens with zero attached hydrogens (tertiary/aromatic N) is 1. The Morgan fingerprint density at radius 3 is 2.41 bits per heavy atom. The number of anilines is 1. The van der Waals surface area contributed by atoms with Gasteiger partial charge >= 0.3 is 0 Å². The third-order valence-electron chi connectivity index (χ3n) is 5.08. The SMILES string of the molecule is CCCCC(CC)CNC(=O)CCCN(c1ccc(C)c(C)c1)S(C)(=O)=O. The summed E-state index contributed by atoms with van der Waals surface area (Å²) in [5.74, 6) is 0.524. The molecular weight excluding hydrogens is 360 g/mol. The van der Waals surface area contributed by atoms with E-state index in [9.17, 15) is 13.2 Å². The highest BCUT2D eigenvalue weighted by molar-refractivity contribution is 7.92. The lowest BCUT2D eigenvalue weighted by Crippen LogP contribution is -2.33. The number of benzene rings is 1. The van der Waals surface area contributed by atoms with Gasteiger partial charge in [0.25, 0.3) is 0 Å². The van der Waals surface area contributed by atoms with Crippen molar-refractivity contribution in [3.63, 3.8) is 0 Å². The van der Waals surface area contributed by atoms with E-state index in [1.165, 1.54) is 23.4 Å². The fourth-order valence-corrected chi connectivity index (χ4v) is 4.00. The van der Waals surface area contributed by atoms with Crippen molar-refractivity contribution in [1.29, 1.82) is 0 Å². The Hall–Kier alpha value is -1.56. The quantitative estimate of drug-likeness (QED) is 0.576. The molecule has 1 aromatic carbocycles. The van der Waals surface area contributed by atoms with Crippen molar-refractivity contribution in [2.45, 2.75) is 66.2 Å². The topological polar surface area (TPSA) is 66.5 Å². The molecule has 5 nitrogen and oxygen atoms in total. The van der Waals surface area contributed by atoms with Crippen LogP contribution in [-0.2, 0) is 14.8 Å². The van der Waals surface area contributed by atoms with Crippen molar-refractivity contribution in [3.05, 3.63) is 29.3 Å². The summed E-state index contributed by atoms with van der Waals surface area (Å²) in [4.78, 5) is 12.1. The van der Waals surface area contributed by atoms with Crippen molar-refractivity contribution < 1.29 is 13.2 Å². The van der Waals surface area contributed by atoms with E-state index in [4.69, 9.17) is 0 Å². The predicted octanol–water partition coefficient (Wildman–Crippen LogP) is 4.18. The summed E-state index contributed by atoms with van der Waals surface area (Å²) >= 11 is 0. The van der Waals surface area contributed by atoms with Gasteiger partial charge < -0.3 is 5.32 Å². The molecule has 0 fully saturated rings. The van der Waals surface area contributed by atoms with Crippen LogP contribution in [0.1, 0.15) is 63.5 Å². The van der Waals surface area contributed by atoms with Gasteiger partial charge in [-0.2, -0.15) is 0 Å².